The summed E-state index contributed by atoms with van der Waals surface area (Å²) < 4.78 is 0. The topological polar surface area (TPSA) is 61.4 Å². The van der Waals surface area contributed by atoms with E-state index in [0.29, 0.717) is 5.92 Å². The Morgan fingerprint density at radius 2 is 2.06 bits per heavy atom. The van der Waals surface area contributed by atoms with Gasteiger partial charge in [0, 0.05) is 19.6 Å². The first-order chi connectivity index (χ1) is 8.40. The van der Waals surface area contributed by atoms with E-state index in [0.717, 1.165) is 19.5 Å². The number of nitrogens with zero attached hydrogens (tertiary/aromatic N) is 1. The Bertz CT molecular complexity index is 305. The van der Waals surface area contributed by atoms with Crippen molar-refractivity contribution in [3.63, 3.8) is 0 Å². The van der Waals surface area contributed by atoms with E-state index in [1.165, 1.54) is 4.90 Å². The third-order valence-corrected chi connectivity index (χ3v) is 3.13. The van der Waals surface area contributed by atoms with Crippen LogP contribution in [0.3, 0.4) is 0 Å². The summed E-state index contributed by atoms with van der Waals surface area (Å²) in [4.78, 5) is 25.3. The summed E-state index contributed by atoms with van der Waals surface area (Å²) in [5.41, 5.74) is 0. The maximum absolute atomic E-state index is 12.2. The third-order valence-electron chi connectivity index (χ3n) is 3.13. The molecule has 1 rings (SSSR count). The molecule has 0 aromatic heterocycles. The van der Waals surface area contributed by atoms with Crippen LogP contribution in [-0.4, -0.2) is 49.4 Å². The molecule has 104 valence electrons. The highest BCUT2D eigenvalue weighted by Crippen LogP contribution is 2.17. The molecule has 0 bridgehead atoms. The van der Waals surface area contributed by atoms with Crippen molar-refractivity contribution in [2.75, 3.05) is 26.7 Å². The first-order valence-electron chi connectivity index (χ1n) is 6.65. The lowest BCUT2D eigenvalue weighted by atomic mass is 9.91. The average Bonchev–Trinajstić information content (AvgIpc) is 2.26. The average molecular weight is 255 g/mol. The summed E-state index contributed by atoms with van der Waals surface area (Å²) in [5, 5.41) is 6.05. The predicted molar refractivity (Wildman–Crippen MR) is 71.1 cm³/mol. The van der Waals surface area contributed by atoms with Crippen LogP contribution in [0, 0.1) is 11.8 Å². The van der Waals surface area contributed by atoms with Gasteiger partial charge in [0.15, 0.2) is 0 Å². The highest BCUT2D eigenvalue weighted by Gasteiger charge is 2.27. The lowest BCUT2D eigenvalue weighted by Crippen LogP contribution is -2.47. The summed E-state index contributed by atoms with van der Waals surface area (Å²) in [5.74, 6) is 0.488. The van der Waals surface area contributed by atoms with Crippen molar-refractivity contribution in [3.05, 3.63) is 0 Å². The zero-order valence-electron chi connectivity index (χ0n) is 11.8. The number of amides is 2. The Morgan fingerprint density at radius 1 is 1.39 bits per heavy atom. The van der Waals surface area contributed by atoms with Gasteiger partial charge in [-0.25, -0.2) is 0 Å². The molecule has 2 amide bonds. The van der Waals surface area contributed by atoms with Gasteiger partial charge in [0.25, 0.3) is 0 Å². The largest absolute Gasteiger partial charge is 0.352 e. The Morgan fingerprint density at radius 3 is 2.61 bits per heavy atom. The lowest BCUT2D eigenvalue weighted by Gasteiger charge is -2.30. The molecule has 0 spiro atoms. The van der Waals surface area contributed by atoms with E-state index in [1.54, 1.807) is 7.05 Å². The van der Waals surface area contributed by atoms with Crippen LogP contribution in [0.2, 0.25) is 0 Å². The molecule has 0 radical (unpaired) electrons. The quantitative estimate of drug-likeness (QED) is 0.755. The minimum atomic E-state index is -0.0994. The van der Waals surface area contributed by atoms with Crippen LogP contribution in [0.4, 0.5) is 0 Å². The zero-order chi connectivity index (χ0) is 13.7. The second-order valence-electron chi connectivity index (χ2n) is 5.61. The summed E-state index contributed by atoms with van der Waals surface area (Å²) >= 11 is 0. The number of rotatable bonds is 4. The van der Waals surface area contributed by atoms with Crippen molar-refractivity contribution < 1.29 is 9.59 Å². The van der Waals surface area contributed by atoms with Crippen molar-refractivity contribution >= 4 is 11.8 Å². The fourth-order valence-electron chi connectivity index (χ4n) is 2.32. The molecule has 18 heavy (non-hydrogen) atoms. The van der Waals surface area contributed by atoms with Gasteiger partial charge in [-0.3, -0.25) is 9.59 Å². The first kappa shape index (κ1) is 15.0. The fraction of sp³-hybridized carbons (Fsp3) is 0.846. The number of carbonyl (C=O) groups is 2. The van der Waals surface area contributed by atoms with E-state index in [4.69, 9.17) is 0 Å². The minimum absolute atomic E-state index is 0.00519. The second-order valence-corrected chi connectivity index (χ2v) is 5.61. The van der Waals surface area contributed by atoms with Gasteiger partial charge in [-0.15, -0.1) is 0 Å². The van der Waals surface area contributed by atoms with Crippen LogP contribution in [0.1, 0.15) is 27.2 Å². The van der Waals surface area contributed by atoms with E-state index < -0.39 is 0 Å². The normalized spacial score (nSPS) is 23.8. The van der Waals surface area contributed by atoms with E-state index >= 15 is 0 Å². The number of hydrogen-bond donors (Lipinski definition) is 2. The monoisotopic (exact) mass is 255 g/mol. The standard InChI is InChI=1S/C13H25N3O2/c1-9(2)15-12(17)8-16(4)13(18)11-5-10(3)6-14-7-11/h9-11,14H,5-8H2,1-4H3,(H,15,17). The fourth-order valence-corrected chi connectivity index (χ4v) is 2.32. The Balaban J connectivity index is 2.43. The van der Waals surface area contributed by atoms with E-state index in [2.05, 4.69) is 17.6 Å². The molecule has 0 aromatic rings. The van der Waals surface area contributed by atoms with Gasteiger partial charge < -0.3 is 15.5 Å². The van der Waals surface area contributed by atoms with Gasteiger partial charge in [0.1, 0.15) is 0 Å². The van der Waals surface area contributed by atoms with Crippen LogP contribution in [0.5, 0.6) is 0 Å². The SMILES string of the molecule is CC1CNCC(C(=O)N(C)CC(=O)NC(C)C)C1. The van der Waals surface area contributed by atoms with Gasteiger partial charge in [-0.05, 0) is 32.7 Å². The highest BCUT2D eigenvalue weighted by molar-refractivity contribution is 5.86. The van der Waals surface area contributed by atoms with Crippen LogP contribution >= 0.6 is 0 Å². The van der Waals surface area contributed by atoms with Crippen molar-refractivity contribution in [3.8, 4) is 0 Å². The van der Waals surface area contributed by atoms with Gasteiger partial charge in [0.2, 0.25) is 11.8 Å². The zero-order valence-corrected chi connectivity index (χ0v) is 11.8. The third kappa shape index (κ3) is 4.64. The molecule has 1 aliphatic rings. The number of carbonyl (C=O) groups excluding carboxylic acids is 2. The Kier molecular flexibility index (Phi) is 5.59. The molecule has 0 aromatic carbocycles. The molecule has 5 nitrogen and oxygen atoms in total. The van der Waals surface area contributed by atoms with Crippen LogP contribution < -0.4 is 10.6 Å². The molecule has 2 atom stereocenters. The van der Waals surface area contributed by atoms with E-state index in [9.17, 15) is 9.59 Å². The molecular formula is C13H25N3O2. The molecule has 2 unspecified atom stereocenters. The van der Waals surface area contributed by atoms with Gasteiger partial charge in [0.05, 0.1) is 12.5 Å². The molecule has 1 aliphatic heterocycles. The Hall–Kier alpha value is -1.10. The van der Waals surface area contributed by atoms with E-state index in [-0.39, 0.29) is 30.3 Å². The van der Waals surface area contributed by atoms with Gasteiger partial charge >= 0.3 is 0 Å². The van der Waals surface area contributed by atoms with Crippen molar-refractivity contribution in [2.24, 2.45) is 11.8 Å². The van der Waals surface area contributed by atoms with Crippen molar-refractivity contribution in [1.29, 1.82) is 0 Å². The predicted octanol–water partition coefficient (Wildman–Crippen LogP) is 0.215. The first-order valence-corrected chi connectivity index (χ1v) is 6.65. The summed E-state index contributed by atoms with van der Waals surface area (Å²) in [6.45, 7) is 7.79. The van der Waals surface area contributed by atoms with Crippen LogP contribution in [0.15, 0.2) is 0 Å². The molecule has 0 saturated carbocycles. The molecular weight excluding hydrogens is 230 g/mol. The van der Waals surface area contributed by atoms with Crippen LogP contribution in [-0.2, 0) is 9.59 Å². The smallest absolute Gasteiger partial charge is 0.239 e. The summed E-state index contributed by atoms with van der Waals surface area (Å²) in [7, 11) is 1.70. The molecule has 0 aliphatic carbocycles. The maximum atomic E-state index is 12.2. The van der Waals surface area contributed by atoms with Gasteiger partial charge in [-0.2, -0.15) is 0 Å². The van der Waals surface area contributed by atoms with Gasteiger partial charge in [-0.1, -0.05) is 6.92 Å². The van der Waals surface area contributed by atoms with Crippen molar-refractivity contribution in [1.82, 2.24) is 15.5 Å². The molecule has 1 heterocycles. The number of nitrogens with one attached hydrogen (secondary N) is 2. The summed E-state index contributed by atoms with van der Waals surface area (Å²) in [6.07, 6.45) is 0.905. The number of hydrogen-bond acceptors (Lipinski definition) is 3. The number of likely N-dealkylation sites (N-methyl/N-ethyl adjacent to an activating group) is 1. The van der Waals surface area contributed by atoms with Crippen molar-refractivity contribution in [2.45, 2.75) is 33.2 Å². The summed E-state index contributed by atoms with van der Waals surface area (Å²) in [6, 6.07) is 0.109. The maximum Gasteiger partial charge on any atom is 0.239 e. The second kappa shape index (κ2) is 6.73. The minimum Gasteiger partial charge on any atom is -0.352 e. The Labute approximate surface area is 109 Å². The molecule has 5 heteroatoms. The molecule has 1 fully saturated rings. The molecule has 2 N–H and O–H groups in total. The molecule has 1 saturated heterocycles. The van der Waals surface area contributed by atoms with Crippen LogP contribution in [0.25, 0.3) is 0 Å². The number of piperidine rings is 1. The highest BCUT2D eigenvalue weighted by atomic mass is 16.2. The van der Waals surface area contributed by atoms with E-state index in [1.807, 2.05) is 13.8 Å². The lowest BCUT2D eigenvalue weighted by molar-refractivity contribution is -0.139.